The molecule has 1 aromatic rings. The van der Waals surface area contributed by atoms with Gasteiger partial charge in [-0.2, -0.15) is 0 Å². The molecule has 8 heteroatoms. The fourth-order valence-electron chi connectivity index (χ4n) is 2.02. The van der Waals surface area contributed by atoms with E-state index in [-0.39, 0.29) is 19.4 Å². The van der Waals surface area contributed by atoms with Gasteiger partial charge in [0.05, 0.1) is 24.3 Å². The zero-order valence-electron chi connectivity index (χ0n) is 12.5. The van der Waals surface area contributed by atoms with Crippen molar-refractivity contribution in [2.24, 2.45) is 10.5 Å². The van der Waals surface area contributed by atoms with Gasteiger partial charge in [-0.05, 0) is 31.2 Å². The van der Waals surface area contributed by atoms with E-state index in [1.807, 2.05) is 13.8 Å². The lowest BCUT2D eigenvalue weighted by Crippen LogP contribution is -2.31. The Kier molecular flexibility index (Phi) is 5.05. The second-order valence-electron chi connectivity index (χ2n) is 4.99. The van der Waals surface area contributed by atoms with E-state index in [0.29, 0.717) is 17.7 Å². The van der Waals surface area contributed by atoms with E-state index in [1.165, 1.54) is 5.01 Å². The minimum absolute atomic E-state index is 0.0406. The second kappa shape index (κ2) is 6.99. The summed E-state index contributed by atoms with van der Waals surface area (Å²) in [4.78, 5) is 30.0. The van der Waals surface area contributed by atoms with Crippen LogP contribution in [-0.4, -0.2) is 52.8 Å². The number of fused-ring (bicyclic) bond motifs is 1. The molecule has 1 heterocycles. The molecular formula is C14H18N4O4. The first-order valence-corrected chi connectivity index (χ1v) is 6.92. The van der Waals surface area contributed by atoms with Crippen LogP contribution in [0, 0.1) is 0 Å². The highest BCUT2D eigenvalue weighted by atomic mass is 16.7. The van der Waals surface area contributed by atoms with Gasteiger partial charge in [0, 0.05) is 11.3 Å². The van der Waals surface area contributed by atoms with Gasteiger partial charge in [-0.3, -0.25) is 14.6 Å². The summed E-state index contributed by atoms with van der Waals surface area (Å²) in [7, 11) is 0. The maximum Gasteiger partial charge on any atom is 0.264 e. The van der Waals surface area contributed by atoms with Crippen molar-refractivity contribution >= 4 is 11.8 Å². The van der Waals surface area contributed by atoms with Crippen LogP contribution >= 0.6 is 0 Å². The van der Waals surface area contributed by atoms with Crippen LogP contribution in [0.3, 0.4) is 0 Å². The van der Waals surface area contributed by atoms with Gasteiger partial charge < -0.3 is 9.94 Å². The molecular weight excluding hydrogens is 288 g/mol. The Balaban J connectivity index is 1.93. The topological polar surface area (TPSA) is 94.8 Å². The van der Waals surface area contributed by atoms with Crippen LogP contribution in [0.25, 0.3) is 0 Å². The smallest absolute Gasteiger partial charge is 0.264 e. The predicted molar refractivity (Wildman–Crippen MR) is 76.7 cm³/mol. The molecule has 1 N–H and O–H groups in total. The zero-order chi connectivity index (χ0) is 16.1. The molecule has 2 rings (SSSR count). The molecule has 2 amide bonds. The Morgan fingerprint density at radius 2 is 1.82 bits per heavy atom. The van der Waals surface area contributed by atoms with E-state index in [0.717, 1.165) is 4.90 Å². The van der Waals surface area contributed by atoms with Crippen LogP contribution in [0.15, 0.2) is 34.8 Å². The van der Waals surface area contributed by atoms with Gasteiger partial charge in [0.15, 0.2) is 0 Å². The minimum atomic E-state index is -0.410. The van der Waals surface area contributed by atoms with Crippen molar-refractivity contribution in [2.45, 2.75) is 19.9 Å². The lowest BCUT2D eigenvalue weighted by molar-refractivity contribution is 0.0113. The van der Waals surface area contributed by atoms with E-state index >= 15 is 0 Å². The molecule has 8 nitrogen and oxygen atoms in total. The van der Waals surface area contributed by atoms with E-state index in [2.05, 4.69) is 10.5 Å². The normalized spacial score (nSPS) is 14.1. The van der Waals surface area contributed by atoms with E-state index in [1.54, 1.807) is 24.3 Å². The summed E-state index contributed by atoms with van der Waals surface area (Å²) in [6.07, 6.45) is 0. The molecule has 0 aromatic heterocycles. The van der Waals surface area contributed by atoms with Crippen molar-refractivity contribution in [1.82, 2.24) is 9.91 Å². The number of hydrogen-bond donors (Lipinski definition) is 1. The Morgan fingerprint density at radius 1 is 1.23 bits per heavy atom. The Bertz CT molecular complexity index is 553. The molecule has 0 spiro atoms. The summed E-state index contributed by atoms with van der Waals surface area (Å²) < 4.78 is 0. The van der Waals surface area contributed by atoms with Crippen molar-refractivity contribution < 1.29 is 19.5 Å². The van der Waals surface area contributed by atoms with E-state index in [9.17, 15) is 9.59 Å². The monoisotopic (exact) mass is 306 g/mol. The molecule has 0 saturated carbocycles. The number of imide groups is 1. The third kappa shape index (κ3) is 3.22. The second-order valence-corrected chi connectivity index (χ2v) is 4.99. The number of rotatable bonds is 7. The number of amides is 2. The van der Waals surface area contributed by atoms with Crippen molar-refractivity contribution in [3.8, 4) is 0 Å². The number of benzene rings is 1. The average Bonchev–Trinajstić information content (AvgIpc) is 2.75. The van der Waals surface area contributed by atoms with Crippen molar-refractivity contribution in [3.05, 3.63) is 35.4 Å². The first-order chi connectivity index (χ1) is 10.6. The van der Waals surface area contributed by atoms with Gasteiger partial charge in [-0.15, -0.1) is 0 Å². The summed E-state index contributed by atoms with van der Waals surface area (Å²) in [5.41, 5.74) is 0.717. The Labute approximate surface area is 127 Å². The fraction of sp³-hybridized carbons (Fsp3) is 0.429. The van der Waals surface area contributed by atoms with Gasteiger partial charge >= 0.3 is 0 Å². The summed E-state index contributed by atoms with van der Waals surface area (Å²) in [5, 5.41) is 17.7. The number of aliphatic hydroxyl groups is 1. The average molecular weight is 306 g/mol. The molecule has 118 valence electrons. The maximum absolute atomic E-state index is 12.1. The molecule has 0 unspecified atom stereocenters. The lowest BCUT2D eigenvalue weighted by atomic mass is 10.1. The zero-order valence-corrected chi connectivity index (χ0v) is 12.5. The molecule has 0 fully saturated rings. The number of aliphatic hydroxyl groups excluding tert-OH is 1. The number of nitrogens with zero attached hydrogens (tertiary/aromatic N) is 4. The summed E-state index contributed by atoms with van der Waals surface area (Å²) in [6, 6.07) is 6.63. The molecule has 1 aromatic carbocycles. The SMILES string of the molecule is CC(C)N(CCO)/N=N/OCN1C(=O)c2ccccc2C1=O. The van der Waals surface area contributed by atoms with Gasteiger partial charge in [0.1, 0.15) is 0 Å². The van der Waals surface area contributed by atoms with Gasteiger partial charge in [-0.1, -0.05) is 12.1 Å². The van der Waals surface area contributed by atoms with Crippen LogP contribution in [0.1, 0.15) is 34.6 Å². The highest BCUT2D eigenvalue weighted by Gasteiger charge is 2.35. The standard InChI is InChI=1S/C14H18N4O4/c1-10(2)18(7-8-19)15-16-22-9-17-13(20)11-5-3-4-6-12(11)14(17)21/h3-6,10,19H,7-9H2,1-2H3/b16-15+. The maximum atomic E-state index is 12.1. The molecule has 1 aliphatic rings. The van der Waals surface area contributed by atoms with Gasteiger partial charge in [-0.25, -0.2) is 4.90 Å². The molecule has 0 bridgehead atoms. The van der Waals surface area contributed by atoms with Crippen molar-refractivity contribution in [2.75, 3.05) is 19.9 Å². The highest BCUT2D eigenvalue weighted by molar-refractivity contribution is 6.21. The summed E-state index contributed by atoms with van der Waals surface area (Å²) in [6.45, 7) is 3.73. The number of hydrogen-bond acceptors (Lipinski definition) is 6. The van der Waals surface area contributed by atoms with Gasteiger partial charge in [0.25, 0.3) is 11.8 Å². The largest absolute Gasteiger partial charge is 0.394 e. The van der Waals surface area contributed by atoms with Crippen LogP contribution in [0.4, 0.5) is 0 Å². The molecule has 0 radical (unpaired) electrons. The molecule has 0 atom stereocenters. The first kappa shape index (κ1) is 15.9. The Hall–Kier alpha value is -2.48. The Morgan fingerprint density at radius 3 is 2.32 bits per heavy atom. The van der Waals surface area contributed by atoms with Crippen LogP contribution in [0.5, 0.6) is 0 Å². The van der Waals surface area contributed by atoms with E-state index in [4.69, 9.17) is 9.94 Å². The predicted octanol–water partition coefficient (Wildman–Crippen LogP) is 1.24. The molecule has 0 aliphatic carbocycles. The minimum Gasteiger partial charge on any atom is -0.394 e. The highest BCUT2D eigenvalue weighted by Crippen LogP contribution is 2.22. The van der Waals surface area contributed by atoms with E-state index < -0.39 is 11.8 Å². The third-order valence-corrected chi connectivity index (χ3v) is 3.20. The molecule has 1 aliphatic heterocycles. The third-order valence-electron chi connectivity index (χ3n) is 3.20. The van der Waals surface area contributed by atoms with Crippen LogP contribution in [-0.2, 0) is 4.84 Å². The number of carbonyl (C=O) groups is 2. The van der Waals surface area contributed by atoms with Gasteiger partial charge in [0.2, 0.25) is 6.73 Å². The summed E-state index contributed by atoms with van der Waals surface area (Å²) >= 11 is 0. The van der Waals surface area contributed by atoms with Crippen LogP contribution in [0.2, 0.25) is 0 Å². The van der Waals surface area contributed by atoms with Crippen molar-refractivity contribution in [1.29, 1.82) is 0 Å². The lowest BCUT2D eigenvalue weighted by Gasteiger charge is -2.20. The number of carbonyl (C=O) groups excluding carboxylic acids is 2. The molecule has 22 heavy (non-hydrogen) atoms. The summed E-state index contributed by atoms with van der Waals surface area (Å²) in [5.74, 6) is -0.821. The fourth-order valence-corrected chi connectivity index (χ4v) is 2.02. The van der Waals surface area contributed by atoms with Crippen LogP contribution < -0.4 is 0 Å². The first-order valence-electron chi connectivity index (χ1n) is 6.92. The van der Waals surface area contributed by atoms with Crippen molar-refractivity contribution in [3.63, 3.8) is 0 Å². The molecule has 0 saturated heterocycles. The quantitative estimate of drug-likeness (QED) is 0.464.